The van der Waals surface area contributed by atoms with Gasteiger partial charge >= 0.3 is 0 Å². The number of carbonyl (C=O) groups is 1. The molecular weight excluding hydrogens is 142 g/mol. The van der Waals surface area contributed by atoms with Gasteiger partial charge in [0.25, 0.3) is 0 Å². The van der Waals surface area contributed by atoms with Gasteiger partial charge in [-0.2, -0.15) is 0 Å². The van der Waals surface area contributed by atoms with Crippen LogP contribution in [0.1, 0.15) is 27.7 Å². The lowest BCUT2D eigenvalue weighted by atomic mass is 9.81. The molecule has 0 aromatic heterocycles. The molecule has 0 aliphatic heterocycles. The molecular formula is C8H17NO2. The summed E-state index contributed by atoms with van der Waals surface area (Å²) in [6.45, 7) is 6.71. The molecule has 0 amide bonds. The van der Waals surface area contributed by atoms with E-state index in [0.29, 0.717) is 0 Å². The summed E-state index contributed by atoms with van der Waals surface area (Å²) in [6, 6.07) is 0. The Labute approximate surface area is 67.6 Å². The van der Waals surface area contributed by atoms with Gasteiger partial charge in [0, 0.05) is 12.0 Å². The molecule has 3 nitrogen and oxygen atoms in total. The second-order valence-corrected chi connectivity index (χ2v) is 4.06. The minimum absolute atomic E-state index is 0.0247. The molecule has 11 heavy (non-hydrogen) atoms. The van der Waals surface area contributed by atoms with Crippen molar-refractivity contribution in [2.45, 2.75) is 33.3 Å². The summed E-state index contributed by atoms with van der Waals surface area (Å²) in [6.07, 6.45) is 0. The maximum atomic E-state index is 11.4. The summed E-state index contributed by atoms with van der Waals surface area (Å²) >= 11 is 0. The number of Topliss-reactive ketones (excluding diaryl/α,β-unsaturated/α-hetero) is 1. The fourth-order valence-electron chi connectivity index (χ4n) is 0.901. The molecule has 0 saturated heterocycles. The molecule has 0 rings (SSSR count). The van der Waals surface area contributed by atoms with E-state index in [1.54, 1.807) is 20.8 Å². The zero-order chi connectivity index (χ0) is 9.28. The third-order valence-corrected chi connectivity index (χ3v) is 1.57. The molecule has 0 aliphatic rings. The van der Waals surface area contributed by atoms with Crippen LogP contribution in [0.2, 0.25) is 0 Å². The molecule has 0 aromatic carbocycles. The van der Waals surface area contributed by atoms with Crippen LogP contribution in [-0.4, -0.2) is 23.0 Å². The Hall–Kier alpha value is -0.410. The van der Waals surface area contributed by atoms with Gasteiger partial charge < -0.3 is 10.8 Å². The van der Waals surface area contributed by atoms with E-state index >= 15 is 0 Å². The first kappa shape index (κ1) is 10.6. The molecule has 3 heteroatoms. The number of nitrogens with two attached hydrogens (primary N) is 1. The molecule has 66 valence electrons. The predicted molar refractivity (Wildman–Crippen MR) is 44.1 cm³/mol. The number of ketones is 1. The summed E-state index contributed by atoms with van der Waals surface area (Å²) in [5.41, 5.74) is 3.33. The van der Waals surface area contributed by atoms with Crippen LogP contribution in [0.25, 0.3) is 0 Å². The van der Waals surface area contributed by atoms with Crippen molar-refractivity contribution in [3.8, 4) is 0 Å². The average molecular weight is 159 g/mol. The summed E-state index contributed by atoms with van der Waals surface area (Å²) in [7, 11) is 0. The van der Waals surface area contributed by atoms with Gasteiger partial charge in [0.05, 0.1) is 0 Å². The van der Waals surface area contributed by atoms with Gasteiger partial charge in [0.15, 0.2) is 5.78 Å². The van der Waals surface area contributed by atoms with E-state index in [1.165, 1.54) is 6.92 Å². The highest BCUT2D eigenvalue weighted by atomic mass is 16.3. The fourth-order valence-corrected chi connectivity index (χ4v) is 0.901. The Kier molecular flexibility index (Phi) is 2.80. The molecule has 0 radical (unpaired) electrons. The smallest absolute Gasteiger partial charge is 0.170 e. The fraction of sp³-hybridized carbons (Fsp3) is 0.875. The lowest BCUT2D eigenvalue weighted by Crippen LogP contribution is -2.48. The van der Waals surface area contributed by atoms with Crippen LogP contribution in [0.4, 0.5) is 0 Å². The zero-order valence-corrected chi connectivity index (χ0v) is 7.64. The van der Waals surface area contributed by atoms with Crippen molar-refractivity contribution in [3.05, 3.63) is 0 Å². The van der Waals surface area contributed by atoms with Crippen molar-refractivity contribution >= 4 is 5.78 Å². The van der Waals surface area contributed by atoms with Gasteiger partial charge in [0.1, 0.15) is 5.60 Å². The maximum Gasteiger partial charge on any atom is 0.170 e. The second kappa shape index (κ2) is 2.91. The molecule has 0 heterocycles. The van der Waals surface area contributed by atoms with Crippen molar-refractivity contribution < 1.29 is 9.90 Å². The average Bonchev–Trinajstić information content (AvgIpc) is 1.84. The molecule has 0 bridgehead atoms. The lowest BCUT2D eigenvalue weighted by molar-refractivity contribution is -0.142. The van der Waals surface area contributed by atoms with Crippen LogP contribution >= 0.6 is 0 Å². The van der Waals surface area contributed by atoms with E-state index in [1.807, 2.05) is 0 Å². The van der Waals surface area contributed by atoms with Crippen LogP contribution in [0, 0.1) is 5.41 Å². The topological polar surface area (TPSA) is 63.3 Å². The summed E-state index contributed by atoms with van der Waals surface area (Å²) < 4.78 is 0. The molecule has 1 atom stereocenters. The van der Waals surface area contributed by atoms with E-state index in [-0.39, 0.29) is 12.3 Å². The monoisotopic (exact) mass is 159 g/mol. The molecule has 0 saturated carbocycles. The molecule has 3 N–H and O–H groups in total. The first-order valence-electron chi connectivity index (χ1n) is 3.69. The van der Waals surface area contributed by atoms with E-state index in [2.05, 4.69) is 0 Å². The van der Waals surface area contributed by atoms with Gasteiger partial charge in [-0.3, -0.25) is 4.79 Å². The lowest BCUT2D eigenvalue weighted by Gasteiger charge is -2.27. The quantitative estimate of drug-likeness (QED) is 0.609. The predicted octanol–water partition coefficient (Wildman–Crippen LogP) is 0.311. The standard InChI is InChI=1S/C8H17NO2/c1-7(2,3)6(10)8(4,11)5-9/h11H,5,9H2,1-4H3. The Morgan fingerprint density at radius 3 is 1.82 bits per heavy atom. The van der Waals surface area contributed by atoms with Crippen molar-refractivity contribution in [1.29, 1.82) is 0 Å². The number of aliphatic hydroxyl groups is 1. The third-order valence-electron chi connectivity index (χ3n) is 1.57. The van der Waals surface area contributed by atoms with Crippen molar-refractivity contribution in [3.63, 3.8) is 0 Å². The first-order chi connectivity index (χ1) is 4.72. The minimum atomic E-state index is -1.38. The van der Waals surface area contributed by atoms with Crippen molar-refractivity contribution in [1.82, 2.24) is 0 Å². The molecule has 0 aromatic rings. The Balaban J connectivity index is 4.50. The normalized spacial score (nSPS) is 17.6. The van der Waals surface area contributed by atoms with E-state index in [9.17, 15) is 9.90 Å². The van der Waals surface area contributed by atoms with Gasteiger partial charge in [-0.1, -0.05) is 20.8 Å². The van der Waals surface area contributed by atoms with Crippen LogP contribution in [0.3, 0.4) is 0 Å². The van der Waals surface area contributed by atoms with E-state index < -0.39 is 11.0 Å². The highest BCUT2D eigenvalue weighted by Gasteiger charge is 2.36. The molecule has 0 fully saturated rings. The first-order valence-corrected chi connectivity index (χ1v) is 3.69. The van der Waals surface area contributed by atoms with Crippen molar-refractivity contribution in [2.24, 2.45) is 11.1 Å². The SMILES string of the molecule is CC(C)(C)C(=O)C(C)(O)CN. The van der Waals surface area contributed by atoms with Gasteiger partial charge in [-0.25, -0.2) is 0 Å². The molecule has 0 aliphatic carbocycles. The van der Waals surface area contributed by atoms with Gasteiger partial charge in [0.2, 0.25) is 0 Å². The van der Waals surface area contributed by atoms with Crippen LogP contribution in [-0.2, 0) is 4.79 Å². The summed E-state index contributed by atoms with van der Waals surface area (Å²) in [4.78, 5) is 11.4. The van der Waals surface area contributed by atoms with Crippen LogP contribution in [0.15, 0.2) is 0 Å². The highest BCUT2D eigenvalue weighted by Crippen LogP contribution is 2.21. The number of hydrogen-bond donors (Lipinski definition) is 2. The van der Waals surface area contributed by atoms with E-state index in [4.69, 9.17) is 5.73 Å². The Bertz CT molecular complexity index is 156. The molecule has 1 unspecified atom stereocenters. The van der Waals surface area contributed by atoms with Crippen LogP contribution < -0.4 is 5.73 Å². The number of hydrogen-bond acceptors (Lipinski definition) is 3. The molecule has 0 spiro atoms. The minimum Gasteiger partial charge on any atom is -0.381 e. The third kappa shape index (κ3) is 2.60. The number of carbonyl (C=O) groups excluding carboxylic acids is 1. The second-order valence-electron chi connectivity index (χ2n) is 4.06. The Morgan fingerprint density at radius 2 is 1.73 bits per heavy atom. The van der Waals surface area contributed by atoms with Gasteiger partial charge in [-0.15, -0.1) is 0 Å². The van der Waals surface area contributed by atoms with Crippen molar-refractivity contribution in [2.75, 3.05) is 6.54 Å². The maximum absolute atomic E-state index is 11.4. The Morgan fingerprint density at radius 1 is 1.36 bits per heavy atom. The van der Waals surface area contributed by atoms with Crippen LogP contribution in [0.5, 0.6) is 0 Å². The summed E-state index contributed by atoms with van der Waals surface area (Å²) in [5.74, 6) is -0.215. The summed E-state index contributed by atoms with van der Waals surface area (Å²) in [5, 5.41) is 9.45. The van der Waals surface area contributed by atoms with E-state index in [0.717, 1.165) is 0 Å². The highest BCUT2D eigenvalue weighted by molar-refractivity contribution is 5.91. The zero-order valence-electron chi connectivity index (χ0n) is 7.64. The largest absolute Gasteiger partial charge is 0.381 e. The number of rotatable bonds is 2. The van der Waals surface area contributed by atoms with Gasteiger partial charge in [-0.05, 0) is 6.92 Å².